The van der Waals surface area contributed by atoms with E-state index >= 15 is 0 Å². The molecule has 0 aliphatic heterocycles. The van der Waals surface area contributed by atoms with Gasteiger partial charge in [0.2, 0.25) is 0 Å². The number of aryl methyl sites for hydroxylation is 1. The molecular weight excluding hydrogens is 295 g/mol. The molecule has 2 nitrogen and oxygen atoms in total. The van der Waals surface area contributed by atoms with Crippen molar-refractivity contribution in [2.75, 3.05) is 0 Å². The topological polar surface area (TPSA) is 24.9 Å². The predicted molar refractivity (Wildman–Crippen MR) is 89.2 cm³/mol. The average molecular weight is 312 g/mol. The summed E-state index contributed by atoms with van der Waals surface area (Å²) < 4.78 is 13.5. The van der Waals surface area contributed by atoms with Crippen LogP contribution >= 0.6 is 11.3 Å². The predicted octanol–water partition coefficient (Wildman–Crippen LogP) is 4.55. The van der Waals surface area contributed by atoms with E-state index in [0.29, 0.717) is 18.7 Å². The van der Waals surface area contributed by atoms with E-state index in [1.165, 1.54) is 17.2 Å². The summed E-state index contributed by atoms with van der Waals surface area (Å²) in [7, 11) is 0. The summed E-state index contributed by atoms with van der Waals surface area (Å²) >= 11 is 1.66. The number of benzene rings is 2. The monoisotopic (exact) mass is 312 g/mol. The highest BCUT2D eigenvalue weighted by atomic mass is 32.1. The summed E-state index contributed by atoms with van der Waals surface area (Å²) in [6, 6.07) is 15.2. The van der Waals surface area contributed by atoms with E-state index in [-0.39, 0.29) is 5.82 Å². The van der Waals surface area contributed by atoms with E-state index in [1.54, 1.807) is 23.5 Å². The molecule has 112 valence electrons. The normalized spacial score (nSPS) is 10.8. The molecule has 0 aliphatic rings. The van der Waals surface area contributed by atoms with Crippen LogP contribution in [0.3, 0.4) is 0 Å². The standard InChI is InChI=1S/C18H17FN2S/c1-13-6-8-14(9-7-13)17-11-21-18(22-17)12-20-10-15-4-2-3-5-16(15)19/h2-9,11,20H,10,12H2,1H3. The van der Waals surface area contributed by atoms with Crippen LogP contribution in [0.4, 0.5) is 4.39 Å². The largest absolute Gasteiger partial charge is 0.306 e. The molecule has 0 saturated carbocycles. The van der Waals surface area contributed by atoms with Gasteiger partial charge < -0.3 is 5.32 Å². The Morgan fingerprint density at radius 2 is 1.82 bits per heavy atom. The third-order valence-corrected chi connectivity index (χ3v) is 4.49. The van der Waals surface area contributed by atoms with E-state index in [2.05, 4.69) is 41.5 Å². The lowest BCUT2D eigenvalue weighted by molar-refractivity contribution is 0.587. The van der Waals surface area contributed by atoms with E-state index in [0.717, 1.165) is 9.88 Å². The molecular formula is C18H17FN2S. The van der Waals surface area contributed by atoms with Crippen LogP contribution in [0.15, 0.2) is 54.7 Å². The van der Waals surface area contributed by atoms with Gasteiger partial charge in [-0.05, 0) is 18.6 Å². The Morgan fingerprint density at radius 3 is 2.59 bits per heavy atom. The number of aromatic nitrogens is 1. The lowest BCUT2D eigenvalue weighted by Crippen LogP contribution is -2.13. The van der Waals surface area contributed by atoms with Crippen LogP contribution in [0.25, 0.3) is 10.4 Å². The van der Waals surface area contributed by atoms with Crippen LogP contribution in [0.5, 0.6) is 0 Å². The minimum atomic E-state index is -0.172. The summed E-state index contributed by atoms with van der Waals surface area (Å²) in [4.78, 5) is 5.59. The summed E-state index contributed by atoms with van der Waals surface area (Å²) in [6.45, 7) is 3.23. The highest BCUT2D eigenvalue weighted by molar-refractivity contribution is 7.15. The first-order valence-electron chi connectivity index (χ1n) is 7.18. The van der Waals surface area contributed by atoms with Gasteiger partial charge in [-0.2, -0.15) is 0 Å². The molecule has 1 aromatic heterocycles. The van der Waals surface area contributed by atoms with Crippen molar-refractivity contribution in [1.82, 2.24) is 10.3 Å². The molecule has 0 amide bonds. The second-order valence-corrected chi connectivity index (χ2v) is 6.29. The van der Waals surface area contributed by atoms with E-state index in [1.807, 2.05) is 12.3 Å². The molecule has 0 spiro atoms. The van der Waals surface area contributed by atoms with Crippen LogP contribution in [0, 0.1) is 12.7 Å². The van der Waals surface area contributed by atoms with Crippen LogP contribution in [-0.4, -0.2) is 4.98 Å². The van der Waals surface area contributed by atoms with Crippen molar-refractivity contribution in [3.63, 3.8) is 0 Å². The van der Waals surface area contributed by atoms with Gasteiger partial charge in [0.05, 0.1) is 4.88 Å². The van der Waals surface area contributed by atoms with Crippen molar-refractivity contribution >= 4 is 11.3 Å². The number of nitrogens with zero attached hydrogens (tertiary/aromatic N) is 1. The number of halogens is 1. The zero-order valence-electron chi connectivity index (χ0n) is 12.3. The molecule has 0 aliphatic carbocycles. The number of nitrogens with one attached hydrogen (secondary N) is 1. The van der Waals surface area contributed by atoms with Crippen LogP contribution in [-0.2, 0) is 13.1 Å². The van der Waals surface area contributed by atoms with Gasteiger partial charge in [0, 0.05) is 24.8 Å². The van der Waals surface area contributed by atoms with Crippen molar-refractivity contribution in [3.8, 4) is 10.4 Å². The molecule has 0 saturated heterocycles. The minimum Gasteiger partial charge on any atom is -0.306 e. The highest BCUT2D eigenvalue weighted by Crippen LogP contribution is 2.26. The summed E-state index contributed by atoms with van der Waals surface area (Å²) in [5.41, 5.74) is 3.11. The van der Waals surface area contributed by atoms with Crippen molar-refractivity contribution in [2.24, 2.45) is 0 Å². The summed E-state index contributed by atoms with van der Waals surface area (Å²) in [5.74, 6) is -0.172. The summed E-state index contributed by atoms with van der Waals surface area (Å²) in [5, 5.41) is 4.25. The van der Waals surface area contributed by atoms with E-state index in [9.17, 15) is 4.39 Å². The SMILES string of the molecule is Cc1ccc(-c2cnc(CNCc3ccccc3F)s2)cc1. The fraction of sp³-hybridized carbons (Fsp3) is 0.167. The smallest absolute Gasteiger partial charge is 0.127 e. The maximum Gasteiger partial charge on any atom is 0.127 e. The Balaban J connectivity index is 1.60. The van der Waals surface area contributed by atoms with Crippen molar-refractivity contribution in [3.05, 3.63) is 76.7 Å². The first-order chi connectivity index (χ1) is 10.7. The molecule has 1 heterocycles. The van der Waals surface area contributed by atoms with Gasteiger partial charge in [-0.15, -0.1) is 11.3 Å². The van der Waals surface area contributed by atoms with E-state index in [4.69, 9.17) is 0 Å². The average Bonchev–Trinajstić information content (AvgIpc) is 2.99. The van der Waals surface area contributed by atoms with Gasteiger partial charge in [-0.25, -0.2) is 9.37 Å². The van der Waals surface area contributed by atoms with Crippen LogP contribution in [0.2, 0.25) is 0 Å². The van der Waals surface area contributed by atoms with Crippen molar-refractivity contribution < 1.29 is 4.39 Å². The second-order valence-electron chi connectivity index (χ2n) is 5.18. The molecule has 2 aromatic carbocycles. The zero-order valence-corrected chi connectivity index (χ0v) is 13.2. The molecule has 4 heteroatoms. The molecule has 0 atom stereocenters. The number of hydrogen-bond acceptors (Lipinski definition) is 3. The Morgan fingerprint density at radius 1 is 1.05 bits per heavy atom. The summed E-state index contributed by atoms with van der Waals surface area (Å²) in [6.07, 6.45) is 1.90. The van der Waals surface area contributed by atoms with Crippen molar-refractivity contribution in [2.45, 2.75) is 20.0 Å². The third kappa shape index (κ3) is 3.59. The van der Waals surface area contributed by atoms with Gasteiger partial charge in [0.1, 0.15) is 10.8 Å². The maximum absolute atomic E-state index is 13.5. The zero-order chi connectivity index (χ0) is 15.4. The molecule has 1 N–H and O–H groups in total. The molecule has 3 aromatic rings. The Bertz CT molecular complexity index is 750. The lowest BCUT2D eigenvalue weighted by Gasteiger charge is -2.03. The lowest BCUT2D eigenvalue weighted by atomic mass is 10.1. The molecule has 22 heavy (non-hydrogen) atoms. The van der Waals surface area contributed by atoms with Gasteiger partial charge in [0.25, 0.3) is 0 Å². The van der Waals surface area contributed by atoms with Gasteiger partial charge in [-0.1, -0.05) is 48.0 Å². The maximum atomic E-state index is 13.5. The highest BCUT2D eigenvalue weighted by Gasteiger charge is 2.05. The number of thiazole rings is 1. The first kappa shape index (κ1) is 14.9. The first-order valence-corrected chi connectivity index (χ1v) is 8.00. The Labute approximate surface area is 133 Å². The fourth-order valence-corrected chi connectivity index (χ4v) is 3.08. The van der Waals surface area contributed by atoms with Gasteiger partial charge in [0.15, 0.2) is 0 Å². The quantitative estimate of drug-likeness (QED) is 0.748. The Hall–Kier alpha value is -2.04. The van der Waals surface area contributed by atoms with Crippen LogP contribution in [0.1, 0.15) is 16.1 Å². The minimum absolute atomic E-state index is 0.172. The molecule has 0 bridgehead atoms. The Kier molecular flexibility index (Phi) is 4.61. The van der Waals surface area contributed by atoms with Crippen LogP contribution < -0.4 is 5.32 Å². The number of rotatable bonds is 5. The van der Waals surface area contributed by atoms with Crippen molar-refractivity contribution in [1.29, 1.82) is 0 Å². The number of hydrogen-bond donors (Lipinski definition) is 1. The van der Waals surface area contributed by atoms with Gasteiger partial charge in [-0.3, -0.25) is 0 Å². The molecule has 3 rings (SSSR count). The van der Waals surface area contributed by atoms with E-state index < -0.39 is 0 Å². The molecule has 0 radical (unpaired) electrons. The van der Waals surface area contributed by atoms with Gasteiger partial charge >= 0.3 is 0 Å². The third-order valence-electron chi connectivity index (χ3n) is 3.44. The molecule has 0 fully saturated rings. The fourth-order valence-electron chi connectivity index (χ4n) is 2.19. The second kappa shape index (κ2) is 6.81. The molecule has 0 unspecified atom stereocenters.